The third-order valence-electron chi connectivity index (χ3n) is 7.67. The molecule has 4 unspecified atom stereocenters. The van der Waals surface area contributed by atoms with E-state index >= 15 is 8.78 Å². The van der Waals surface area contributed by atoms with E-state index < -0.39 is 41.1 Å². The zero-order chi connectivity index (χ0) is 24.6. The van der Waals surface area contributed by atoms with E-state index in [2.05, 4.69) is 26.1 Å². The highest BCUT2D eigenvalue weighted by molar-refractivity contribution is 6.31. The molecule has 0 amide bonds. The van der Waals surface area contributed by atoms with Gasteiger partial charge >= 0.3 is 5.97 Å². The lowest BCUT2D eigenvalue weighted by Gasteiger charge is -2.42. The number of carbonyl (C=O) groups is 1. The molecular weight excluding hydrogens is 469 g/mol. The molecule has 2 aromatic carbocycles. The molecule has 3 rings (SSSR count). The Morgan fingerprint density at radius 1 is 1.15 bits per heavy atom. The van der Waals surface area contributed by atoms with Crippen molar-refractivity contribution in [1.82, 2.24) is 5.32 Å². The molecule has 0 bridgehead atoms. The summed E-state index contributed by atoms with van der Waals surface area (Å²) in [6.45, 7) is 6.23. The van der Waals surface area contributed by atoms with Crippen LogP contribution >= 0.6 is 23.2 Å². The monoisotopic (exact) mass is 498 g/mol. The maximum atomic E-state index is 15.3. The van der Waals surface area contributed by atoms with Crippen LogP contribution in [0.1, 0.15) is 63.5 Å². The Balaban J connectivity index is 2.30. The minimum atomic E-state index is -1.58. The molecule has 4 nitrogen and oxygen atoms in total. The summed E-state index contributed by atoms with van der Waals surface area (Å²) < 4.78 is 30.6. The summed E-state index contributed by atoms with van der Waals surface area (Å²) in [6.07, 6.45) is 3.01. The van der Waals surface area contributed by atoms with Crippen molar-refractivity contribution in [1.29, 1.82) is 0 Å². The van der Waals surface area contributed by atoms with E-state index in [1.807, 2.05) is 0 Å². The first-order valence-electron chi connectivity index (χ1n) is 11.2. The number of halogens is 4. The molecule has 1 aliphatic rings. The molecule has 2 aromatic rings. The summed E-state index contributed by atoms with van der Waals surface area (Å²) in [5.41, 5.74) is 5.46. The van der Waals surface area contributed by atoms with Crippen molar-refractivity contribution in [2.24, 2.45) is 11.1 Å². The van der Waals surface area contributed by atoms with Gasteiger partial charge in [-0.15, -0.1) is 0 Å². The van der Waals surface area contributed by atoms with E-state index in [1.165, 1.54) is 24.3 Å². The fraction of sp³-hybridized carbons (Fsp3) is 0.480. The molecule has 1 heterocycles. The summed E-state index contributed by atoms with van der Waals surface area (Å²) >= 11 is 12.0. The third kappa shape index (κ3) is 4.51. The van der Waals surface area contributed by atoms with Gasteiger partial charge in [0.05, 0.1) is 10.6 Å². The van der Waals surface area contributed by atoms with Crippen molar-refractivity contribution in [2.75, 3.05) is 0 Å². The van der Waals surface area contributed by atoms with Gasteiger partial charge in [0.15, 0.2) is 0 Å². The molecule has 33 heavy (non-hydrogen) atoms. The van der Waals surface area contributed by atoms with Crippen LogP contribution in [0.25, 0.3) is 0 Å². The lowest BCUT2D eigenvalue weighted by Crippen LogP contribution is -2.53. The molecule has 4 atom stereocenters. The average Bonchev–Trinajstić information content (AvgIpc) is 3.06. The quantitative estimate of drug-likeness (QED) is 0.402. The number of nitrogens with one attached hydrogen (secondary N) is 1. The van der Waals surface area contributed by atoms with E-state index in [9.17, 15) is 9.90 Å². The second kappa shape index (κ2) is 9.87. The highest BCUT2D eigenvalue weighted by Crippen LogP contribution is 2.51. The molecule has 1 saturated heterocycles. The van der Waals surface area contributed by atoms with Gasteiger partial charge in [-0.1, -0.05) is 81.4 Å². The molecule has 0 spiro atoms. The van der Waals surface area contributed by atoms with Crippen LogP contribution in [0.2, 0.25) is 10.0 Å². The molecule has 8 heteroatoms. The van der Waals surface area contributed by atoms with Crippen LogP contribution < -0.4 is 11.1 Å². The first kappa shape index (κ1) is 25.9. The maximum Gasteiger partial charge on any atom is 0.321 e. The van der Waals surface area contributed by atoms with E-state index in [0.29, 0.717) is 6.42 Å². The predicted octanol–water partition coefficient (Wildman–Crippen LogP) is 6.24. The van der Waals surface area contributed by atoms with Crippen LogP contribution in [0.5, 0.6) is 0 Å². The van der Waals surface area contributed by atoms with Crippen molar-refractivity contribution in [2.45, 2.75) is 70.0 Å². The minimum Gasteiger partial charge on any atom is -0.480 e. The van der Waals surface area contributed by atoms with Crippen LogP contribution in [-0.4, -0.2) is 23.2 Å². The molecule has 0 aliphatic carbocycles. The fourth-order valence-corrected chi connectivity index (χ4v) is 5.74. The average molecular weight is 499 g/mol. The van der Waals surface area contributed by atoms with E-state index in [0.717, 1.165) is 25.3 Å². The number of aliphatic carboxylic acids is 1. The first-order chi connectivity index (χ1) is 15.5. The lowest BCUT2D eigenvalue weighted by molar-refractivity contribution is -0.139. The van der Waals surface area contributed by atoms with Crippen molar-refractivity contribution in [3.63, 3.8) is 0 Å². The summed E-state index contributed by atoms with van der Waals surface area (Å²) in [7, 11) is 0. The minimum absolute atomic E-state index is 0.0387. The standard InChI is InChI=1S/C25H30Cl2F2N2O2/c1-4-24(5-2,6-3)13-19-25(30,16-11-10-14(26)12-18(16)28)20(22(31-19)23(32)33)15-8-7-9-17(27)21(15)29/h7-12,19-20,22,31H,4-6,13,30H2,1-3H3,(H,32,33). The lowest BCUT2D eigenvalue weighted by atomic mass is 9.66. The zero-order valence-electron chi connectivity index (χ0n) is 19.0. The number of hydrogen-bond acceptors (Lipinski definition) is 3. The Hall–Kier alpha value is -1.73. The van der Waals surface area contributed by atoms with E-state index in [1.54, 1.807) is 6.07 Å². The smallest absolute Gasteiger partial charge is 0.321 e. The number of carboxylic acid groups (broad SMARTS) is 1. The topological polar surface area (TPSA) is 75.3 Å². The number of nitrogens with two attached hydrogens (primary N) is 1. The van der Waals surface area contributed by atoms with Crippen molar-refractivity contribution >= 4 is 29.2 Å². The van der Waals surface area contributed by atoms with Gasteiger partial charge in [0.25, 0.3) is 0 Å². The van der Waals surface area contributed by atoms with Crippen LogP contribution in [0.15, 0.2) is 36.4 Å². The number of benzene rings is 2. The molecular formula is C25H30Cl2F2N2O2. The molecule has 0 radical (unpaired) electrons. The Morgan fingerprint density at radius 2 is 1.79 bits per heavy atom. The Kier molecular flexibility index (Phi) is 7.74. The summed E-state index contributed by atoms with van der Waals surface area (Å²) in [5, 5.41) is 13.3. The highest BCUT2D eigenvalue weighted by Gasteiger charge is 2.59. The van der Waals surface area contributed by atoms with Crippen LogP contribution in [0.4, 0.5) is 8.78 Å². The zero-order valence-corrected chi connectivity index (χ0v) is 20.5. The van der Waals surface area contributed by atoms with Gasteiger partial charge in [0, 0.05) is 22.5 Å². The Bertz CT molecular complexity index is 1020. The van der Waals surface area contributed by atoms with Crippen LogP contribution in [0, 0.1) is 17.0 Å². The number of carboxylic acids is 1. The van der Waals surface area contributed by atoms with Gasteiger partial charge in [0.2, 0.25) is 0 Å². The highest BCUT2D eigenvalue weighted by atomic mass is 35.5. The molecule has 1 fully saturated rings. The summed E-state index contributed by atoms with van der Waals surface area (Å²) in [4.78, 5) is 12.4. The summed E-state index contributed by atoms with van der Waals surface area (Å²) in [5.74, 6) is -3.72. The fourth-order valence-electron chi connectivity index (χ4n) is 5.39. The second-order valence-corrected chi connectivity index (χ2v) is 9.82. The third-order valence-corrected chi connectivity index (χ3v) is 8.20. The van der Waals surface area contributed by atoms with Gasteiger partial charge in [-0.05, 0) is 35.6 Å². The van der Waals surface area contributed by atoms with Crippen molar-refractivity contribution in [3.05, 3.63) is 69.2 Å². The Labute approximate surface area is 203 Å². The molecule has 180 valence electrons. The molecule has 0 aromatic heterocycles. The molecule has 1 aliphatic heterocycles. The van der Waals surface area contributed by atoms with Crippen molar-refractivity contribution < 1.29 is 18.7 Å². The predicted molar refractivity (Wildman–Crippen MR) is 128 cm³/mol. The number of rotatable bonds is 8. The number of hydrogen-bond donors (Lipinski definition) is 3. The van der Waals surface area contributed by atoms with Gasteiger partial charge < -0.3 is 10.8 Å². The largest absolute Gasteiger partial charge is 0.480 e. The van der Waals surface area contributed by atoms with Crippen LogP contribution in [-0.2, 0) is 10.3 Å². The normalized spacial score (nSPS) is 25.4. The van der Waals surface area contributed by atoms with Gasteiger partial charge in [-0.3, -0.25) is 10.1 Å². The molecule has 4 N–H and O–H groups in total. The van der Waals surface area contributed by atoms with Gasteiger partial charge in [-0.2, -0.15) is 0 Å². The molecule has 0 saturated carbocycles. The SMILES string of the molecule is CCC(CC)(CC)CC1NC(C(=O)O)C(c2cccc(Cl)c2F)C1(N)c1ccc(Cl)cc1F. The van der Waals surface area contributed by atoms with Crippen LogP contribution in [0.3, 0.4) is 0 Å². The summed E-state index contributed by atoms with van der Waals surface area (Å²) in [6, 6.07) is 6.63. The first-order valence-corrected chi connectivity index (χ1v) is 12.0. The van der Waals surface area contributed by atoms with Gasteiger partial charge in [-0.25, -0.2) is 8.78 Å². The van der Waals surface area contributed by atoms with Gasteiger partial charge in [0.1, 0.15) is 17.7 Å². The van der Waals surface area contributed by atoms with Crippen molar-refractivity contribution in [3.8, 4) is 0 Å². The second-order valence-electron chi connectivity index (χ2n) is 8.98. The van der Waals surface area contributed by atoms with E-state index in [4.69, 9.17) is 28.9 Å². The van der Waals surface area contributed by atoms with E-state index in [-0.39, 0.29) is 26.6 Å². The Morgan fingerprint density at radius 3 is 2.33 bits per heavy atom. The maximum absolute atomic E-state index is 15.3.